The number of fused-ring (bicyclic) bond motifs is 1. The van der Waals surface area contributed by atoms with Gasteiger partial charge in [0.1, 0.15) is 5.69 Å². The molecule has 2 heterocycles. The molecule has 2 aromatic heterocycles. The summed E-state index contributed by atoms with van der Waals surface area (Å²) in [6, 6.07) is 9.69. The lowest BCUT2D eigenvalue weighted by Gasteiger charge is -1.99. The first-order valence-electron chi connectivity index (χ1n) is 5.26. The van der Waals surface area contributed by atoms with Gasteiger partial charge in [0.15, 0.2) is 0 Å². The summed E-state index contributed by atoms with van der Waals surface area (Å²) in [6.45, 7) is 0. The lowest BCUT2D eigenvalue weighted by atomic mass is 10.1. The van der Waals surface area contributed by atoms with Gasteiger partial charge in [-0.05, 0) is 12.1 Å². The Bertz CT molecular complexity index is 696. The Morgan fingerprint density at radius 2 is 2.12 bits per heavy atom. The van der Waals surface area contributed by atoms with Crippen LogP contribution in [0.15, 0.2) is 41.9 Å². The van der Waals surface area contributed by atoms with Crippen LogP contribution in [0, 0.1) is 0 Å². The molecule has 1 aromatic carbocycles. The van der Waals surface area contributed by atoms with E-state index in [1.54, 1.807) is 35.3 Å². The third-order valence-corrected chi connectivity index (χ3v) is 3.74. The molecule has 0 aliphatic rings. The third kappa shape index (κ3) is 1.57. The molecule has 0 spiro atoms. The summed E-state index contributed by atoms with van der Waals surface area (Å²) in [7, 11) is 1.78. The van der Waals surface area contributed by atoms with Crippen LogP contribution in [0.2, 0.25) is 0 Å². The number of aromatic nitrogens is 2. The summed E-state index contributed by atoms with van der Waals surface area (Å²) < 4.78 is 2.74. The van der Waals surface area contributed by atoms with Crippen LogP contribution in [-0.2, 0) is 7.05 Å². The van der Waals surface area contributed by atoms with Crippen molar-refractivity contribution in [2.75, 3.05) is 0 Å². The molecule has 0 N–H and O–H groups in total. The van der Waals surface area contributed by atoms with Crippen LogP contribution < -0.4 is 0 Å². The first kappa shape index (κ1) is 10.2. The Morgan fingerprint density at radius 3 is 2.88 bits per heavy atom. The molecule has 0 saturated heterocycles. The van der Waals surface area contributed by atoms with Crippen molar-refractivity contribution in [2.45, 2.75) is 0 Å². The van der Waals surface area contributed by atoms with Crippen molar-refractivity contribution in [1.82, 2.24) is 9.78 Å². The Kier molecular flexibility index (Phi) is 2.30. The van der Waals surface area contributed by atoms with E-state index in [4.69, 9.17) is 0 Å². The Balaban J connectivity index is 2.17. The van der Waals surface area contributed by atoms with E-state index in [1.807, 2.05) is 29.6 Å². The fourth-order valence-electron chi connectivity index (χ4n) is 1.89. The van der Waals surface area contributed by atoms with E-state index in [0.717, 1.165) is 15.6 Å². The SMILES string of the molecule is Cn1nccc1C(=O)c1csc2ccccc12. The van der Waals surface area contributed by atoms with Gasteiger partial charge in [0.05, 0.1) is 0 Å². The summed E-state index contributed by atoms with van der Waals surface area (Å²) in [5, 5.41) is 6.96. The summed E-state index contributed by atoms with van der Waals surface area (Å²) in [5.41, 5.74) is 1.38. The molecule has 4 heteroatoms. The second-order valence-electron chi connectivity index (χ2n) is 3.81. The maximum absolute atomic E-state index is 12.3. The highest BCUT2D eigenvalue weighted by molar-refractivity contribution is 7.17. The van der Waals surface area contributed by atoms with Crippen LogP contribution in [-0.4, -0.2) is 15.6 Å². The predicted molar refractivity (Wildman–Crippen MR) is 68.5 cm³/mol. The predicted octanol–water partition coefficient (Wildman–Crippen LogP) is 2.87. The van der Waals surface area contributed by atoms with Gasteiger partial charge in [0, 0.05) is 34.3 Å². The molecule has 3 nitrogen and oxygen atoms in total. The molecule has 0 unspecified atom stereocenters. The Morgan fingerprint density at radius 1 is 1.29 bits per heavy atom. The fraction of sp³-hybridized carbons (Fsp3) is 0.0769. The molecule has 0 atom stereocenters. The monoisotopic (exact) mass is 242 g/mol. The fourth-order valence-corrected chi connectivity index (χ4v) is 2.83. The van der Waals surface area contributed by atoms with Gasteiger partial charge in [-0.3, -0.25) is 9.48 Å². The van der Waals surface area contributed by atoms with E-state index in [0.29, 0.717) is 5.69 Å². The summed E-state index contributed by atoms with van der Waals surface area (Å²) in [6.07, 6.45) is 1.64. The maximum atomic E-state index is 12.3. The van der Waals surface area contributed by atoms with Crippen LogP contribution in [0.5, 0.6) is 0 Å². The molecule has 0 radical (unpaired) electrons. The number of carbonyl (C=O) groups excluding carboxylic acids is 1. The largest absolute Gasteiger partial charge is 0.287 e. The number of hydrogen-bond donors (Lipinski definition) is 0. The van der Waals surface area contributed by atoms with Gasteiger partial charge in [0.25, 0.3) is 0 Å². The minimum atomic E-state index is 0.0300. The lowest BCUT2D eigenvalue weighted by molar-refractivity contribution is 0.103. The average molecular weight is 242 g/mol. The molecule has 0 aliphatic heterocycles. The highest BCUT2D eigenvalue weighted by atomic mass is 32.1. The van der Waals surface area contributed by atoms with Gasteiger partial charge in [0.2, 0.25) is 5.78 Å². The van der Waals surface area contributed by atoms with Crippen molar-refractivity contribution in [2.24, 2.45) is 7.05 Å². The molecule has 0 saturated carbocycles. The van der Waals surface area contributed by atoms with Crippen molar-refractivity contribution in [3.63, 3.8) is 0 Å². The second kappa shape index (κ2) is 3.82. The number of ketones is 1. The molecule has 0 fully saturated rings. The lowest BCUT2D eigenvalue weighted by Crippen LogP contribution is -2.07. The Labute approximate surface area is 102 Å². The summed E-state index contributed by atoms with van der Waals surface area (Å²) >= 11 is 1.59. The van der Waals surface area contributed by atoms with Gasteiger partial charge in [-0.1, -0.05) is 18.2 Å². The molecule has 3 aromatic rings. The standard InChI is InChI=1S/C13H10N2OS/c1-15-11(6-7-14-15)13(16)10-8-17-12-5-3-2-4-9(10)12/h2-8H,1H3. The zero-order valence-electron chi connectivity index (χ0n) is 9.25. The number of benzene rings is 1. The molecule has 0 bridgehead atoms. The molecular formula is C13H10N2OS. The normalized spacial score (nSPS) is 10.9. The van der Waals surface area contributed by atoms with Gasteiger partial charge >= 0.3 is 0 Å². The van der Waals surface area contributed by atoms with Crippen LogP contribution in [0.1, 0.15) is 16.1 Å². The van der Waals surface area contributed by atoms with Crippen molar-refractivity contribution in [3.8, 4) is 0 Å². The van der Waals surface area contributed by atoms with Crippen molar-refractivity contribution >= 4 is 27.2 Å². The number of rotatable bonds is 2. The minimum absolute atomic E-state index is 0.0300. The number of nitrogens with zero attached hydrogens (tertiary/aromatic N) is 2. The molecule has 0 amide bonds. The van der Waals surface area contributed by atoms with E-state index in [1.165, 1.54) is 0 Å². The second-order valence-corrected chi connectivity index (χ2v) is 4.73. The van der Waals surface area contributed by atoms with Crippen LogP contribution >= 0.6 is 11.3 Å². The maximum Gasteiger partial charge on any atom is 0.212 e. The van der Waals surface area contributed by atoms with Crippen molar-refractivity contribution in [1.29, 1.82) is 0 Å². The van der Waals surface area contributed by atoms with Crippen LogP contribution in [0.3, 0.4) is 0 Å². The minimum Gasteiger partial charge on any atom is -0.287 e. The van der Waals surface area contributed by atoms with E-state index >= 15 is 0 Å². The van der Waals surface area contributed by atoms with Crippen LogP contribution in [0.4, 0.5) is 0 Å². The third-order valence-electron chi connectivity index (χ3n) is 2.78. The molecule has 0 aliphatic carbocycles. The first-order chi connectivity index (χ1) is 8.27. The quantitative estimate of drug-likeness (QED) is 0.648. The summed E-state index contributed by atoms with van der Waals surface area (Å²) in [5.74, 6) is 0.0300. The smallest absolute Gasteiger partial charge is 0.212 e. The highest BCUT2D eigenvalue weighted by Crippen LogP contribution is 2.27. The van der Waals surface area contributed by atoms with E-state index in [-0.39, 0.29) is 5.78 Å². The first-order valence-corrected chi connectivity index (χ1v) is 6.14. The number of hydrogen-bond acceptors (Lipinski definition) is 3. The van der Waals surface area contributed by atoms with Crippen LogP contribution in [0.25, 0.3) is 10.1 Å². The molecule has 3 rings (SSSR count). The zero-order valence-corrected chi connectivity index (χ0v) is 10.1. The molecular weight excluding hydrogens is 232 g/mol. The average Bonchev–Trinajstić information content (AvgIpc) is 2.94. The van der Waals surface area contributed by atoms with Crippen molar-refractivity contribution < 1.29 is 4.79 Å². The zero-order chi connectivity index (χ0) is 11.8. The number of thiophene rings is 1. The van der Waals surface area contributed by atoms with E-state index < -0.39 is 0 Å². The van der Waals surface area contributed by atoms with Crippen molar-refractivity contribution in [3.05, 3.63) is 53.2 Å². The molecule has 84 valence electrons. The van der Waals surface area contributed by atoms with E-state index in [9.17, 15) is 4.79 Å². The topological polar surface area (TPSA) is 34.9 Å². The highest BCUT2D eigenvalue weighted by Gasteiger charge is 2.16. The number of carbonyl (C=O) groups is 1. The van der Waals surface area contributed by atoms with Gasteiger partial charge < -0.3 is 0 Å². The van der Waals surface area contributed by atoms with Gasteiger partial charge in [-0.15, -0.1) is 11.3 Å². The van der Waals surface area contributed by atoms with Gasteiger partial charge in [-0.2, -0.15) is 5.10 Å². The Hall–Kier alpha value is -1.94. The number of aryl methyl sites for hydroxylation is 1. The summed E-state index contributed by atoms with van der Waals surface area (Å²) in [4.78, 5) is 12.3. The molecule has 17 heavy (non-hydrogen) atoms. The van der Waals surface area contributed by atoms with E-state index in [2.05, 4.69) is 5.10 Å². The van der Waals surface area contributed by atoms with Gasteiger partial charge in [-0.25, -0.2) is 0 Å².